The fourth-order valence-corrected chi connectivity index (χ4v) is 1.37. The largest absolute Gasteiger partial charge is 0.377 e. The molecule has 1 rings (SSSR count). The Balaban J connectivity index is 2.24. The molecule has 0 amide bonds. The van der Waals surface area contributed by atoms with Crippen LogP contribution in [0.5, 0.6) is 0 Å². The lowest BCUT2D eigenvalue weighted by Gasteiger charge is -2.08. The summed E-state index contributed by atoms with van der Waals surface area (Å²) in [6.07, 6.45) is 0.245. The Labute approximate surface area is 101 Å². The highest BCUT2D eigenvalue weighted by molar-refractivity contribution is 6.30. The molecule has 0 heterocycles. The number of hydrogen-bond donors (Lipinski definition) is 1. The molecule has 1 aromatic rings. The first-order chi connectivity index (χ1) is 7.59. The zero-order valence-electron chi connectivity index (χ0n) is 9.59. The van der Waals surface area contributed by atoms with Crippen LogP contribution in [0.2, 0.25) is 5.02 Å². The van der Waals surface area contributed by atoms with Gasteiger partial charge in [-0.3, -0.25) is 0 Å². The third kappa shape index (κ3) is 4.92. The average molecular weight is 246 g/mol. The summed E-state index contributed by atoms with van der Waals surface area (Å²) in [7, 11) is 0. The Morgan fingerprint density at radius 3 is 2.81 bits per heavy atom. The van der Waals surface area contributed by atoms with Crippen molar-refractivity contribution < 1.29 is 9.13 Å². The van der Waals surface area contributed by atoms with Crippen molar-refractivity contribution in [3.63, 3.8) is 0 Å². The van der Waals surface area contributed by atoms with Crippen molar-refractivity contribution in [2.75, 3.05) is 13.2 Å². The molecule has 1 aromatic carbocycles. The zero-order valence-corrected chi connectivity index (χ0v) is 10.4. The van der Waals surface area contributed by atoms with Gasteiger partial charge in [-0.15, -0.1) is 0 Å². The molecule has 0 atom stereocenters. The van der Waals surface area contributed by atoms with Crippen LogP contribution < -0.4 is 5.32 Å². The molecule has 4 heteroatoms. The van der Waals surface area contributed by atoms with Crippen molar-refractivity contribution in [2.24, 2.45) is 0 Å². The van der Waals surface area contributed by atoms with Gasteiger partial charge < -0.3 is 10.1 Å². The molecule has 0 fully saturated rings. The summed E-state index contributed by atoms with van der Waals surface area (Å²) in [6.45, 7) is 6.02. The molecule has 0 radical (unpaired) electrons. The van der Waals surface area contributed by atoms with Gasteiger partial charge in [0.05, 0.1) is 17.7 Å². The number of rotatable bonds is 6. The van der Waals surface area contributed by atoms with Gasteiger partial charge in [0.15, 0.2) is 0 Å². The van der Waals surface area contributed by atoms with Gasteiger partial charge in [-0.25, -0.2) is 4.39 Å². The Bertz CT molecular complexity index is 331. The lowest BCUT2D eigenvalue weighted by atomic mass is 10.2. The van der Waals surface area contributed by atoms with Gasteiger partial charge in [0.1, 0.15) is 5.82 Å². The molecule has 1 N–H and O–H groups in total. The fourth-order valence-electron chi connectivity index (χ4n) is 1.25. The number of ether oxygens (including phenoxy) is 1. The van der Waals surface area contributed by atoms with E-state index in [0.29, 0.717) is 13.2 Å². The molecule has 16 heavy (non-hydrogen) atoms. The van der Waals surface area contributed by atoms with Crippen molar-refractivity contribution in [3.8, 4) is 0 Å². The maximum absolute atomic E-state index is 13.1. The van der Waals surface area contributed by atoms with Crippen molar-refractivity contribution in [3.05, 3.63) is 34.6 Å². The van der Waals surface area contributed by atoms with Crippen molar-refractivity contribution in [2.45, 2.75) is 26.5 Å². The summed E-state index contributed by atoms with van der Waals surface area (Å²) >= 11 is 5.58. The highest BCUT2D eigenvalue weighted by atomic mass is 35.5. The molecule has 0 aliphatic rings. The van der Waals surface area contributed by atoms with E-state index in [-0.39, 0.29) is 16.9 Å². The standard InChI is InChI=1S/C12H17ClFNO/c1-9(2)16-6-5-15-8-10-3-4-11(13)12(14)7-10/h3-4,7,9,15H,5-6,8H2,1-2H3. The van der Waals surface area contributed by atoms with Gasteiger partial charge in [0, 0.05) is 13.1 Å². The molecule has 2 nitrogen and oxygen atoms in total. The monoisotopic (exact) mass is 245 g/mol. The highest BCUT2D eigenvalue weighted by Crippen LogP contribution is 2.15. The van der Waals surface area contributed by atoms with Crippen LogP contribution in [0.3, 0.4) is 0 Å². The quantitative estimate of drug-likeness (QED) is 0.778. The second-order valence-electron chi connectivity index (χ2n) is 3.84. The summed E-state index contributed by atoms with van der Waals surface area (Å²) in [5, 5.41) is 3.33. The van der Waals surface area contributed by atoms with Gasteiger partial charge in [-0.05, 0) is 31.5 Å². The Morgan fingerprint density at radius 1 is 1.44 bits per heavy atom. The fraction of sp³-hybridized carbons (Fsp3) is 0.500. The van der Waals surface area contributed by atoms with Crippen LogP contribution in [0, 0.1) is 5.82 Å². The first-order valence-electron chi connectivity index (χ1n) is 5.36. The summed E-state index contributed by atoms with van der Waals surface area (Å²) < 4.78 is 18.4. The van der Waals surface area contributed by atoms with E-state index < -0.39 is 0 Å². The molecule has 0 saturated carbocycles. The second kappa shape index (κ2) is 6.84. The Morgan fingerprint density at radius 2 is 2.19 bits per heavy atom. The number of halogens is 2. The normalized spacial score (nSPS) is 11.1. The third-order valence-electron chi connectivity index (χ3n) is 2.04. The van der Waals surface area contributed by atoms with Crippen LogP contribution in [0.25, 0.3) is 0 Å². The average Bonchev–Trinajstić information content (AvgIpc) is 2.22. The van der Waals surface area contributed by atoms with Crippen LogP contribution in [0.4, 0.5) is 4.39 Å². The summed E-state index contributed by atoms with van der Waals surface area (Å²) in [6, 6.07) is 4.82. The molecule has 0 aromatic heterocycles. The van der Waals surface area contributed by atoms with E-state index in [1.54, 1.807) is 6.07 Å². The van der Waals surface area contributed by atoms with Crippen LogP contribution in [0.1, 0.15) is 19.4 Å². The molecule has 0 aliphatic heterocycles. The molecular formula is C12H17ClFNO. The maximum atomic E-state index is 13.1. The second-order valence-corrected chi connectivity index (χ2v) is 4.25. The Kier molecular flexibility index (Phi) is 5.74. The summed E-state index contributed by atoms with van der Waals surface area (Å²) in [5.74, 6) is -0.376. The molecule has 0 saturated heterocycles. The lowest BCUT2D eigenvalue weighted by Crippen LogP contribution is -2.20. The van der Waals surface area contributed by atoms with E-state index in [1.165, 1.54) is 6.07 Å². The van der Waals surface area contributed by atoms with E-state index in [9.17, 15) is 4.39 Å². The molecular weight excluding hydrogens is 229 g/mol. The number of nitrogens with one attached hydrogen (secondary N) is 1. The SMILES string of the molecule is CC(C)OCCNCc1ccc(Cl)c(F)c1. The van der Waals surface area contributed by atoms with Gasteiger partial charge in [-0.1, -0.05) is 17.7 Å². The van der Waals surface area contributed by atoms with Crippen LogP contribution >= 0.6 is 11.6 Å². The summed E-state index contributed by atoms with van der Waals surface area (Å²) in [5.41, 5.74) is 0.881. The minimum atomic E-state index is -0.376. The van der Waals surface area contributed by atoms with E-state index in [4.69, 9.17) is 16.3 Å². The topological polar surface area (TPSA) is 21.3 Å². The molecule has 0 unspecified atom stereocenters. The highest BCUT2D eigenvalue weighted by Gasteiger charge is 2.00. The minimum absolute atomic E-state index is 0.159. The van der Waals surface area contributed by atoms with Crippen LogP contribution in [-0.2, 0) is 11.3 Å². The van der Waals surface area contributed by atoms with Crippen molar-refractivity contribution in [1.82, 2.24) is 5.32 Å². The van der Waals surface area contributed by atoms with Crippen molar-refractivity contribution >= 4 is 11.6 Å². The van der Waals surface area contributed by atoms with Crippen LogP contribution in [-0.4, -0.2) is 19.3 Å². The molecule has 0 spiro atoms. The predicted molar refractivity (Wildman–Crippen MR) is 64.2 cm³/mol. The first-order valence-corrected chi connectivity index (χ1v) is 5.73. The van der Waals surface area contributed by atoms with Gasteiger partial charge >= 0.3 is 0 Å². The number of hydrogen-bond acceptors (Lipinski definition) is 2. The van der Waals surface area contributed by atoms with E-state index in [2.05, 4.69) is 5.32 Å². The summed E-state index contributed by atoms with van der Waals surface area (Å²) in [4.78, 5) is 0. The van der Waals surface area contributed by atoms with E-state index in [1.807, 2.05) is 19.9 Å². The molecule has 0 aliphatic carbocycles. The van der Waals surface area contributed by atoms with Gasteiger partial charge in [0.2, 0.25) is 0 Å². The lowest BCUT2D eigenvalue weighted by molar-refractivity contribution is 0.0807. The van der Waals surface area contributed by atoms with E-state index in [0.717, 1.165) is 12.1 Å². The third-order valence-corrected chi connectivity index (χ3v) is 2.35. The number of benzene rings is 1. The minimum Gasteiger partial charge on any atom is -0.377 e. The maximum Gasteiger partial charge on any atom is 0.142 e. The first kappa shape index (κ1) is 13.4. The van der Waals surface area contributed by atoms with Crippen LogP contribution in [0.15, 0.2) is 18.2 Å². The molecule has 0 bridgehead atoms. The van der Waals surface area contributed by atoms with Gasteiger partial charge in [0.25, 0.3) is 0 Å². The van der Waals surface area contributed by atoms with E-state index >= 15 is 0 Å². The molecule has 90 valence electrons. The van der Waals surface area contributed by atoms with Crippen molar-refractivity contribution in [1.29, 1.82) is 0 Å². The Hall–Kier alpha value is -0.640. The smallest absolute Gasteiger partial charge is 0.142 e. The van der Waals surface area contributed by atoms with Gasteiger partial charge in [-0.2, -0.15) is 0 Å². The zero-order chi connectivity index (χ0) is 12.0. The predicted octanol–water partition coefficient (Wildman–Crippen LogP) is 2.99.